The van der Waals surface area contributed by atoms with E-state index in [1.807, 2.05) is 12.4 Å². The average Bonchev–Trinajstić information content (AvgIpc) is 2.82. The van der Waals surface area contributed by atoms with Crippen molar-refractivity contribution in [3.05, 3.63) is 12.4 Å². The topological polar surface area (TPSA) is 73.5 Å². The first-order valence-electron chi connectivity index (χ1n) is 9.53. The zero-order valence-electron chi connectivity index (χ0n) is 16.4. The number of nitrogens with two attached hydrogens (primary N) is 1. The Hall–Kier alpha value is -0.665. The second-order valence-electron chi connectivity index (χ2n) is 8.30. The van der Waals surface area contributed by atoms with Gasteiger partial charge in [-0.3, -0.25) is 0 Å². The summed E-state index contributed by atoms with van der Waals surface area (Å²) in [5.74, 6) is 1.74. The van der Waals surface area contributed by atoms with Gasteiger partial charge in [0, 0.05) is 43.2 Å². The van der Waals surface area contributed by atoms with Crippen LogP contribution in [0.25, 0.3) is 0 Å². The Morgan fingerprint density at radius 2 is 1.88 bits per heavy atom. The molecule has 0 radical (unpaired) electrons. The minimum Gasteiger partial charge on any atom is -0.399 e. The van der Waals surface area contributed by atoms with Crippen LogP contribution in [0, 0.1) is 5.92 Å². The summed E-state index contributed by atoms with van der Waals surface area (Å²) in [4.78, 5) is 11.5. The molecule has 2 aliphatic rings. The van der Waals surface area contributed by atoms with E-state index < -0.39 is 7.12 Å². The molecule has 0 spiro atoms. The van der Waals surface area contributed by atoms with Crippen molar-refractivity contribution in [1.29, 1.82) is 0 Å². The van der Waals surface area contributed by atoms with Crippen molar-refractivity contribution in [1.82, 2.24) is 14.9 Å². The zero-order chi connectivity index (χ0) is 18.8. The van der Waals surface area contributed by atoms with Gasteiger partial charge in [0.05, 0.1) is 11.2 Å². The second-order valence-corrected chi connectivity index (χ2v) is 9.28. The largest absolute Gasteiger partial charge is 0.498 e. The molecule has 0 saturated carbocycles. The summed E-state index contributed by atoms with van der Waals surface area (Å²) >= 11 is 1.74. The Balaban J connectivity index is 1.52. The molecule has 1 atom stereocenters. The van der Waals surface area contributed by atoms with Crippen molar-refractivity contribution >= 4 is 24.3 Å². The summed E-state index contributed by atoms with van der Waals surface area (Å²) in [5, 5.41) is 0.821. The van der Waals surface area contributed by atoms with Crippen LogP contribution < -0.4 is 11.2 Å². The van der Waals surface area contributed by atoms with E-state index in [2.05, 4.69) is 42.6 Å². The first kappa shape index (κ1) is 20.1. The first-order valence-corrected chi connectivity index (χ1v) is 10.5. The highest BCUT2D eigenvalue weighted by Crippen LogP contribution is 2.36. The van der Waals surface area contributed by atoms with E-state index in [9.17, 15) is 0 Å². The molecule has 1 aromatic heterocycles. The summed E-state index contributed by atoms with van der Waals surface area (Å²) < 4.78 is 12.1. The van der Waals surface area contributed by atoms with Gasteiger partial charge in [-0.25, -0.2) is 9.97 Å². The van der Waals surface area contributed by atoms with E-state index in [0.29, 0.717) is 5.92 Å². The lowest BCUT2D eigenvalue weighted by Crippen LogP contribution is -2.41. The molecular weight excluding hydrogens is 347 g/mol. The van der Waals surface area contributed by atoms with Gasteiger partial charge in [0.2, 0.25) is 0 Å². The maximum absolute atomic E-state index is 6.06. The molecule has 8 heteroatoms. The molecule has 3 rings (SSSR count). The monoisotopic (exact) mass is 378 g/mol. The predicted molar refractivity (Wildman–Crippen MR) is 107 cm³/mol. The normalized spacial score (nSPS) is 25.6. The molecule has 1 aromatic rings. The first-order chi connectivity index (χ1) is 12.3. The maximum atomic E-state index is 6.06. The third-order valence-electron chi connectivity index (χ3n) is 5.67. The molecule has 26 heavy (non-hydrogen) atoms. The standard InChI is InChI=1S/C18H31BN4O2S/c1-17(2)18(3,4)25-19(24-17)15-10-21-16(22-11-15)26-13-14-6-5-8-23(12-14)9-7-20/h10-11,14H,5-9,12-13,20H2,1-4H3/t14-/m1/s1. The fraction of sp³-hybridized carbons (Fsp3) is 0.778. The van der Waals surface area contributed by atoms with Gasteiger partial charge >= 0.3 is 7.12 Å². The Bertz CT molecular complexity index is 581. The molecule has 0 aliphatic carbocycles. The third-order valence-corrected chi connectivity index (χ3v) is 6.78. The molecule has 2 aliphatic heterocycles. The number of nitrogens with zero attached hydrogens (tertiary/aromatic N) is 3. The number of thioether (sulfide) groups is 1. The fourth-order valence-corrected chi connectivity index (χ4v) is 4.28. The van der Waals surface area contributed by atoms with Crippen LogP contribution >= 0.6 is 11.8 Å². The quantitative estimate of drug-likeness (QED) is 0.457. The molecule has 0 bridgehead atoms. The zero-order valence-corrected chi connectivity index (χ0v) is 17.2. The molecule has 2 N–H and O–H groups in total. The van der Waals surface area contributed by atoms with E-state index in [1.54, 1.807) is 11.8 Å². The van der Waals surface area contributed by atoms with Crippen molar-refractivity contribution in [3.63, 3.8) is 0 Å². The van der Waals surface area contributed by atoms with Crippen LogP contribution in [-0.4, -0.2) is 65.1 Å². The third kappa shape index (κ3) is 4.59. The molecule has 2 fully saturated rings. The fourth-order valence-electron chi connectivity index (χ4n) is 3.37. The van der Waals surface area contributed by atoms with Crippen molar-refractivity contribution in [2.45, 2.75) is 56.9 Å². The number of likely N-dealkylation sites (tertiary alicyclic amines) is 1. The Morgan fingerprint density at radius 1 is 1.23 bits per heavy atom. The molecule has 0 amide bonds. The maximum Gasteiger partial charge on any atom is 0.498 e. The number of rotatable bonds is 6. The van der Waals surface area contributed by atoms with Crippen molar-refractivity contribution in [3.8, 4) is 0 Å². The van der Waals surface area contributed by atoms with Gasteiger partial charge < -0.3 is 19.9 Å². The lowest BCUT2D eigenvalue weighted by Gasteiger charge is -2.32. The van der Waals surface area contributed by atoms with Crippen molar-refractivity contribution in [2.24, 2.45) is 11.7 Å². The van der Waals surface area contributed by atoms with E-state index in [-0.39, 0.29) is 11.2 Å². The SMILES string of the molecule is CC1(C)OB(c2cnc(SC[C@@H]3CCCN(CCN)C3)nc2)OC1(C)C. The number of piperidine rings is 1. The van der Waals surface area contributed by atoms with Crippen LogP contribution in [0.5, 0.6) is 0 Å². The molecule has 2 saturated heterocycles. The van der Waals surface area contributed by atoms with Gasteiger partial charge in [0.1, 0.15) is 0 Å². The van der Waals surface area contributed by atoms with E-state index in [0.717, 1.165) is 36.0 Å². The number of aromatic nitrogens is 2. The summed E-state index contributed by atoms with van der Waals surface area (Å²) in [6, 6.07) is 0. The summed E-state index contributed by atoms with van der Waals surface area (Å²) in [6.07, 6.45) is 6.20. The highest BCUT2D eigenvalue weighted by molar-refractivity contribution is 7.99. The molecular formula is C18H31BN4O2S. The smallest absolute Gasteiger partial charge is 0.399 e. The lowest BCUT2D eigenvalue weighted by atomic mass is 9.81. The van der Waals surface area contributed by atoms with Gasteiger partial charge in [-0.1, -0.05) is 11.8 Å². The minimum atomic E-state index is -0.401. The minimum absolute atomic E-state index is 0.346. The molecule has 3 heterocycles. The molecule has 0 aromatic carbocycles. The Morgan fingerprint density at radius 3 is 2.50 bits per heavy atom. The van der Waals surface area contributed by atoms with Crippen LogP contribution in [0.3, 0.4) is 0 Å². The van der Waals surface area contributed by atoms with Crippen LogP contribution in [0.2, 0.25) is 0 Å². The summed E-state index contributed by atoms with van der Waals surface area (Å²) in [6.45, 7) is 12.3. The molecule has 144 valence electrons. The van der Waals surface area contributed by atoms with Crippen LogP contribution in [-0.2, 0) is 9.31 Å². The Labute approximate surface area is 161 Å². The summed E-state index contributed by atoms with van der Waals surface area (Å²) in [7, 11) is -0.401. The number of hydrogen-bond donors (Lipinski definition) is 1. The molecule has 6 nitrogen and oxygen atoms in total. The van der Waals surface area contributed by atoms with Crippen molar-refractivity contribution < 1.29 is 9.31 Å². The molecule has 0 unspecified atom stereocenters. The average molecular weight is 378 g/mol. The van der Waals surface area contributed by atoms with Crippen LogP contribution in [0.15, 0.2) is 17.6 Å². The van der Waals surface area contributed by atoms with E-state index in [4.69, 9.17) is 15.0 Å². The second kappa shape index (κ2) is 8.14. The van der Waals surface area contributed by atoms with Gasteiger partial charge in [0.15, 0.2) is 5.16 Å². The highest BCUT2D eigenvalue weighted by atomic mass is 32.2. The van der Waals surface area contributed by atoms with Crippen LogP contribution in [0.1, 0.15) is 40.5 Å². The lowest BCUT2D eigenvalue weighted by molar-refractivity contribution is 0.00578. The van der Waals surface area contributed by atoms with Gasteiger partial charge in [0.25, 0.3) is 0 Å². The van der Waals surface area contributed by atoms with Gasteiger partial charge in [-0.15, -0.1) is 0 Å². The van der Waals surface area contributed by atoms with Gasteiger partial charge in [-0.2, -0.15) is 0 Å². The van der Waals surface area contributed by atoms with E-state index in [1.165, 1.54) is 19.4 Å². The highest BCUT2D eigenvalue weighted by Gasteiger charge is 2.51. The Kier molecular flexibility index (Phi) is 6.29. The van der Waals surface area contributed by atoms with Crippen LogP contribution in [0.4, 0.5) is 0 Å². The summed E-state index contributed by atoms with van der Waals surface area (Å²) in [5.41, 5.74) is 5.87. The predicted octanol–water partition coefficient (Wildman–Crippen LogP) is 1.54. The van der Waals surface area contributed by atoms with Gasteiger partial charge in [-0.05, 0) is 53.0 Å². The van der Waals surface area contributed by atoms with Crippen molar-refractivity contribution in [2.75, 3.05) is 31.9 Å². The van der Waals surface area contributed by atoms with E-state index >= 15 is 0 Å². The number of hydrogen-bond acceptors (Lipinski definition) is 7.